The molecule has 2 N–H and O–H groups in total. The van der Waals surface area contributed by atoms with Crippen molar-refractivity contribution in [2.24, 2.45) is 0 Å². The molecule has 0 bridgehead atoms. The van der Waals surface area contributed by atoms with E-state index in [9.17, 15) is 9.18 Å². The highest BCUT2D eigenvalue weighted by Crippen LogP contribution is 2.15. The van der Waals surface area contributed by atoms with E-state index in [2.05, 4.69) is 15.6 Å². The Bertz CT molecular complexity index is 634. The van der Waals surface area contributed by atoms with E-state index in [0.29, 0.717) is 19.7 Å². The molecule has 0 radical (unpaired) electrons. The lowest BCUT2D eigenvalue weighted by atomic mass is 10.1. The second-order valence-corrected chi connectivity index (χ2v) is 4.61. The summed E-state index contributed by atoms with van der Waals surface area (Å²) in [7, 11) is 1.64. The molecule has 0 unspecified atom stereocenters. The van der Waals surface area contributed by atoms with E-state index >= 15 is 0 Å². The number of carbonyl (C=O) groups excluding carboxylic acids is 1. The van der Waals surface area contributed by atoms with Gasteiger partial charge in [-0.1, -0.05) is 18.2 Å². The highest BCUT2D eigenvalue weighted by atomic mass is 19.1. The molecule has 2 aromatic rings. The number of hydrogen-bond donors (Lipinski definition) is 2. The molecule has 0 saturated heterocycles. The van der Waals surface area contributed by atoms with Gasteiger partial charge in [0.05, 0.1) is 18.4 Å². The van der Waals surface area contributed by atoms with Gasteiger partial charge < -0.3 is 15.4 Å². The molecule has 0 atom stereocenters. The third kappa shape index (κ3) is 4.26. The van der Waals surface area contributed by atoms with Gasteiger partial charge in [0.25, 0.3) is 5.91 Å². The van der Waals surface area contributed by atoms with Crippen LogP contribution in [0.3, 0.4) is 0 Å². The van der Waals surface area contributed by atoms with Gasteiger partial charge in [-0.2, -0.15) is 0 Å². The molecule has 2 rings (SSSR count). The Morgan fingerprint density at radius 1 is 1.32 bits per heavy atom. The van der Waals surface area contributed by atoms with Crippen molar-refractivity contribution in [3.8, 4) is 0 Å². The average molecular weight is 303 g/mol. The Hall–Kier alpha value is -2.47. The zero-order chi connectivity index (χ0) is 15.8. The van der Waals surface area contributed by atoms with Gasteiger partial charge >= 0.3 is 0 Å². The zero-order valence-electron chi connectivity index (χ0n) is 12.3. The van der Waals surface area contributed by atoms with Crippen LogP contribution in [0.1, 0.15) is 15.9 Å². The number of amides is 1. The number of pyridine rings is 1. The monoisotopic (exact) mass is 303 g/mol. The molecule has 5 nitrogen and oxygen atoms in total. The first-order chi connectivity index (χ1) is 10.7. The molecular formula is C16H18FN3O2. The predicted molar refractivity (Wildman–Crippen MR) is 82.2 cm³/mol. The maximum absolute atomic E-state index is 13.5. The fraction of sp³-hybridized carbons (Fsp3) is 0.250. The molecule has 22 heavy (non-hydrogen) atoms. The van der Waals surface area contributed by atoms with Crippen LogP contribution in [0.2, 0.25) is 0 Å². The van der Waals surface area contributed by atoms with Crippen molar-refractivity contribution in [1.29, 1.82) is 0 Å². The summed E-state index contributed by atoms with van der Waals surface area (Å²) in [4.78, 5) is 15.6. The molecule has 1 aromatic carbocycles. The standard InChI is InChI=1S/C16H18FN3O2/c1-22-9-8-19-15-5-3-2-4-12(15)10-20-16(21)13-6-7-18-11-14(13)17/h2-7,11,19H,8-10H2,1H3,(H,20,21). The Morgan fingerprint density at radius 2 is 2.14 bits per heavy atom. The van der Waals surface area contributed by atoms with Crippen LogP contribution in [0.5, 0.6) is 0 Å². The van der Waals surface area contributed by atoms with Crippen molar-refractivity contribution < 1.29 is 13.9 Å². The van der Waals surface area contributed by atoms with Crippen LogP contribution in [0, 0.1) is 5.82 Å². The molecule has 116 valence electrons. The largest absolute Gasteiger partial charge is 0.383 e. The van der Waals surface area contributed by atoms with Crippen LogP contribution in [0.25, 0.3) is 0 Å². The Kier molecular flexibility index (Phi) is 5.85. The van der Waals surface area contributed by atoms with Gasteiger partial charge in [-0.15, -0.1) is 0 Å². The number of hydrogen-bond acceptors (Lipinski definition) is 4. The molecule has 0 aliphatic carbocycles. The Morgan fingerprint density at radius 3 is 2.91 bits per heavy atom. The van der Waals surface area contributed by atoms with Gasteiger partial charge in [-0.05, 0) is 17.7 Å². The summed E-state index contributed by atoms with van der Waals surface area (Å²) in [6.07, 6.45) is 2.41. The number of nitrogens with one attached hydrogen (secondary N) is 2. The lowest BCUT2D eigenvalue weighted by molar-refractivity contribution is 0.0947. The molecule has 0 spiro atoms. The highest BCUT2D eigenvalue weighted by Gasteiger charge is 2.11. The quantitative estimate of drug-likeness (QED) is 0.770. The number of methoxy groups -OCH3 is 1. The van der Waals surface area contributed by atoms with Gasteiger partial charge in [0.1, 0.15) is 0 Å². The fourth-order valence-electron chi connectivity index (χ4n) is 1.96. The van der Waals surface area contributed by atoms with Crippen molar-refractivity contribution in [3.05, 3.63) is 59.7 Å². The highest BCUT2D eigenvalue weighted by molar-refractivity contribution is 5.94. The third-order valence-electron chi connectivity index (χ3n) is 3.10. The number of ether oxygens (including phenoxy) is 1. The Balaban J connectivity index is 1.99. The minimum absolute atomic E-state index is 0.0141. The zero-order valence-corrected chi connectivity index (χ0v) is 12.3. The number of benzene rings is 1. The van der Waals surface area contributed by atoms with Crippen LogP contribution < -0.4 is 10.6 Å². The molecular weight excluding hydrogens is 285 g/mol. The minimum Gasteiger partial charge on any atom is -0.383 e. The van der Waals surface area contributed by atoms with Crippen molar-refractivity contribution in [1.82, 2.24) is 10.3 Å². The summed E-state index contributed by atoms with van der Waals surface area (Å²) < 4.78 is 18.5. The second kappa shape index (κ2) is 8.09. The summed E-state index contributed by atoms with van der Waals surface area (Å²) in [6, 6.07) is 8.97. The maximum atomic E-state index is 13.5. The van der Waals surface area contributed by atoms with Crippen LogP contribution >= 0.6 is 0 Å². The van der Waals surface area contributed by atoms with Crippen molar-refractivity contribution in [2.45, 2.75) is 6.54 Å². The summed E-state index contributed by atoms with van der Waals surface area (Å²) in [5.41, 5.74) is 1.82. The maximum Gasteiger partial charge on any atom is 0.254 e. The van der Waals surface area contributed by atoms with E-state index in [1.807, 2.05) is 24.3 Å². The summed E-state index contributed by atoms with van der Waals surface area (Å²) >= 11 is 0. The number of rotatable bonds is 7. The predicted octanol–water partition coefficient (Wildman–Crippen LogP) is 2.21. The van der Waals surface area contributed by atoms with Crippen molar-refractivity contribution in [2.75, 3.05) is 25.6 Å². The van der Waals surface area contributed by atoms with Gasteiger partial charge in [0.15, 0.2) is 5.82 Å². The minimum atomic E-state index is -0.633. The second-order valence-electron chi connectivity index (χ2n) is 4.61. The lowest BCUT2D eigenvalue weighted by Gasteiger charge is -2.12. The number of halogens is 1. The Labute approximate surface area is 128 Å². The van der Waals surface area contributed by atoms with E-state index in [1.54, 1.807) is 7.11 Å². The topological polar surface area (TPSA) is 63.2 Å². The van der Waals surface area contributed by atoms with Gasteiger partial charge in [-0.3, -0.25) is 9.78 Å². The van der Waals surface area contributed by atoms with Crippen LogP contribution in [0.4, 0.5) is 10.1 Å². The number of para-hydroxylation sites is 1. The van der Waals surface area contributed by atoms with E-state index in [4.69, 9.17) is 4.74 Å². The smallest absolute Gasteiger partial charge is 0.254 e. The fourth-order valence-corrected chi connectivity index (χ4v) is 1.96. The molecule has 1 amide bonds. The molecule has 6 heteroatoms. The van der Waals surface area contributed by atoms with Gasteiger partial charge in [0, 0.05) is 32.1 Å². The molecule has 0 aliphatic heterocycles. The van der Waals surface area contributed by atoms with Gasteiger partial charge in [0.2, 0.25) is 0 Å². The lowest BCUT2D eigenvalue weighted by Crippen LogP contribution is -2.24. The first-order valence-electron chi connectivity index (χ1n) is 6.91. The van der Waals surface area contributed by atoms with E-state index in [0.717, 1.165) is 17.4 Å². The molecule has 0 aliphatic rings. The first-order valence-corrected chi connectivity index (χ1v) is 6.91. The third-order valence-corrected chi connectivity index (χ3v) is 3.10. The number of aromatic nitrogens is 1. The van der Waals surface area contributed by atoms with Crippen LogP contribution in [0.15, 0.2) is 42.7 Å². The van der Waals surface area contributed by atoms with E-state index < -0.39 is 11.7 Å². The molecule has 0 fully saturated rings. The van der Waals surface area contributed by atoms with Crippen LogP contribution in [-0.2, 0) is 11.3 Å². The number of nitrogens with zero attached hydrogens (tertiary/aromatic N) is 1. The molecule has 1 heterocycles. The summed E-state index contributed by atoms with van der Waals surface area (Å²) in [5.74, 6) is -1.10. The number of carbonyl (C=O) groups is 1. The summed E-state index contributed by atoms with van der Waals surface area (Å²) in [5, 5.41) is 5.94. The van der Waals surface area contributed by atoms with Gasteiger partial charge in [-0.25, -0.2) is 4.39 Å². The van der Waals surface area contributed by atoms with Crippen molar-refractivity contribution >= 4 is 11.6 Å². The first kappa shape index (κ1) is 15.9. The van der Waals surface area contributed by atoms with E-state index in [1.165, 1.54) is 12.3 Å². The summed E-state index contributed by atoms with van der Waals surface area (Å²) in [6.45, 7) is 1.56. The van der Waals surface area contributed by atoms with Crippen LogP contribution in [-0.4, -0.2) is 31.2 Å². The molecule has 1 aromatic heterocycles. The average Bonchev–Trinajstić information content (AvgIpc) is 2.54. The number of anilines is 1. The molecule has 0 saturated carbocycles. The van der Waals surface area contributed by atoms with E-state index in [-0.39, 0.29) is 5.56 Å². The normalized spacial score (nSPS) is 10.3. The SMILES string of the molecule is COCCNc1ccccc1CNC(=O)c1ccncc1F. The van der Waals surface area contributed by atoms with Crippen molar-refractivity contribution in [3.63, 3.8) is 0 Å².